The number of sulfonamides is 1. The summed E-state index contributed by atoms with van der Waals surface area (Å²) in [5.74, 6) is -0.564. The van der Waals surface area contributed by atoms with Crippen molar-refractivity contribution in [2.24, 2.45) is 0 Å². The number of benzene rings is 1. The molecule has 1 atom stereocenters. The molecule has 1 aliphatic rings. The number of carbonyl (C=O) groups is 1. The van der Waals surface area contributed by atoms with Crippen molar-refractivity contribution in [2.45, 2.75) is 18.9 Å². The number of fused-ring (bicyclic) bond motifs is 1. The Bertz CT molecular complexity index is 802. The normalized spacial score (nSPS) is 18.3. The van der Waals surface area contributed by atoms with Gasteiger partial charge in [0.15, 0.2) is 0 Å². The van der Waals surface area contributed by atoms with Gasteiger partial charge in [-0.3, -0.25) is 9.10 Å². The molecule has 2 rings (SSSR count). The van der Waals surface area contributed by atoms with Crippen molar-refractivity contribution >= 4 is 31.5 Å². The molecule has 0 bridgehead atoms. The number of para-hydroxylation sites is 1. The van der Waals surface area contributed by atoms with Crippen LogP contribution in [0.4, 0.5) is 5.69 Å². The zero-order chi connectivity index (χ0) is 17.3. The zero-order valence-electron chi connectivity index (χ0n) is 13.0. The third kappa shape index (κ3) is 4.68. The molecule has 9 heteroatoms. The minimum Gasteiger partial charge on any atom is -0.349 e. The molecule has 0 saturated carbocycles. The maximum Gasteiger partial charge on any atom is 0.232 e. The Hall–Kier alpha value is -1.61. The summed E-state index contributed by atoms with van der Waals surface area (Å²) >= 11 is 0. The van der Waals surface area contributed by atoms with Gasteiger partial charge < -0.3 is 5.32 Å². The number of anilines is 1. The van der Waals surface area contributed by atoms with Crippen LogP contribution in [0.1, 0.15) is 24.4 Å². The van der Waals surface area contributed by atoms with Gasteiger partial charge in [0.2, 0.25) is 15.9 Å². The van der Waals surface area contributed by atoms with Crippen LogP contribution in [0.5, 0.6) is 0 Å². The Morgan fingerprint density at radius 2 is 1.87 bits per heavy atom. The summed E-state index contributed by atoms with van der Waals surface area (Å²) in [6.45, 7) is 0.271. The minimum atomic E-state index is -3.38. The van der Waals surface area contributed by atoms with Gasteiger partial charge in [0.1, 0.15) is 9.84 Å². The molecule has 1 N–H and O–H groups in total. The van der Waals surface area contributed by atoms with Gasteiger partial charge in [0, 0.05) is 19.2 Å². The molecule has 0 saturated heterocycles. The zero-order valence-corrected chi connectivity index (χ0v) is 14.7. The van der Waals surface area contributed by atoms with Gasteiger partial charge in [-0.05, 0) is 18.1 Å². The molecule has 1 aliphatic heterocycles. The van der Waals surface area contributed by atoms with E-state index in [1.807, 2.05) is 0 Å². The van der Waals surface area contributed by atoms with E-state index in [4.69, 9.17) is 0 Å². The Morgan fingerprint density at radius 1 is 1.22 bits per heavy atom. The van der Waals surface area contributed by atoms with Gasteiger partial charge in [-0.2, -0.15) is 0 Å². The van der Waals surface area contributed by atoms with Crippen molar-refractivity contribution < 1.29 is 21.6 Å². The lowest BCUT2D eigenvalue weighted by Gasteiger charge is -2.34. The molecule has 0 fully saturated rings. The van der Waals surface area contributed by atoms with Crippen molar-refractivity contribution in [1.82, 2.24) is 5.32 Å². The fourth-order valence-electron chi connectivity index (χ4n) is 2.57. The molecule has 0 aromatic heterocycles. The highest BCUT2D eigenvalue weighted by Gasteiger charge is 2.30. The second-order valence-corrected chi connectivity index (χ2v) is 9.85. The number of rotatable bonds is 5. The maximum atomic E-state index is 11.9. The number of hydrogen-bond acceptors (Lipinski definition) is 5. The third-order valence-corrected chi connectivity index (χ3v) is 5.76. The molecule has 1 aromatic carbocycles. The summed E-state index contributed by atoms with van der Waals surface area (Å²) in [5.41, 5.74) is 1.27. The average Bonchev–Trinajstić information content (AvgIpc) is 2.43. The summed E-state index contributed by atoms with van der Waals surface area (Å²) in [4.78, 5) is 11.9. The molecular formula is C14H20N2O5S2. The first kappa shape index (κ1) is 17.7. The molecule has 23 heavy (non-hydrogen) atoms. The highest BCUT2D eigenvalue weighted by molar-refractivity contribution is 7.92. The van der Waals surface area contributed by atoms with Crippen LogP contribution >= 0.6 is 0 Å². The number of amides is 1. The Balaban J connectivity index is 2.17. The number of sulfone groups is 1. The lowest BCUT2D eigenvalue weighted by Crippen LogP contribution is -2.40. The van der Waals surface area contributed by atoms with E-state index >= 15 is 0 Å². The minimum absolute atomic E-state index is 0.104. The molecule has 1 heterocycles. The van der Waals surface area contributed by atoms with E-state index in [-0.39, 0.29) is 30.7 Å². The van der Waals surface area contributed by atoms with Crippen molar-refractivity contribution in [1.29, 1.82) is 0 Å². The first-order valence-corrected chi connectivity index (χ1v) is 11.0. The summed E-state index contributed by atoms with van der Waals surface area (Å²) < 4.78 is 47.3. The monoisotopic (exact) mass is 360 g/mol. The predicted molar refractivity (Wildman–Crippen MR) is 88.5 cm³/mol. The SMILES string of the molecule is CS(=O)(=O)CCC(=O)NC1CCN(S(C)(=O)=O)c2ccccc21. The number of carbonyl (C=O) groups excluding carboxylic acids is 1. The molecule has 0 spiro atoms. The largest absolute Gasteiger partial charge is 0.349 e. The van der Waals surface area contributed by atoms with Gasteiger partial charge in [-0.1, -0.05) is 18.2 Å². The number of nitrogens with one attached hydrogen (secondary N) is 1. The van der Waals surface area contributed by atoms with E-state index in [9.17, 15) is 21.6 Å². The highest BCUT2D eigenvalue weighted by atomic mass is 32.2. The molecular weight excluding hydrogens is 340 g/mol. The third-order valence-electron chi connectivity index (χ3n) is 3.64. The fraction of sp³-hybridized carbons (Fsp3) is 0.500. The quantitative estimate of drug-likeness (QED) is 0.821. The van der Waals surface area contributed by atoms with Crippen molar-refractivity contribution in [3.8, 4) is 0 Å². The van der Waals surface area contributed by atoms with Gasteiger partial charge in [0.25, 0.3) is 0 Å². The highest BCUT2D eigenvalue weighted by Crippen LogP contribution is 2.34. The Labute approximate surface area is 136 Å². The summed E-state index contributed by atoms with van der Waals surface area (Å²) in [7, 11) is -6.58. The van der Waals surface area contributed by atoms with Crippen molar-refractivity contribution in [2.75, 3.05) is 29.1 Å². The molecule has 1 aromatic rings. The molecule has 0 aliphatic carbocycles. The topological polar surface area (TPSA) is 101 Å². The van der Waals surface area contributed by atoms with Crippen LogP contribution in [0.2, 0.25) is 0 Å². The Kier molecular flexibility index (Phi) is 5.00. The summed E-state index contributed by atoms with van der Waals surface area (Å²) in [5, 5.41) is 2.79. The summed E-state index contributed by atoms with van der Waals surface area (Å²) in [6, 6.07) is 6.67. The van der Waals surface area contributed by atoms with Crippen molar-refractivity contribution in [3.05, 3.63) is 29.8 Å². The first-order chi connectivity index (χ1) is 10.6. The van der Waals surface area contributed by atoms with Crippen LogP contribution in [0.3, 0.4) is 0 Å². The molecule has 1 amide bonds. The lowest BCUT2D eigenvalue weighted by atomic mass is 9.98. The van der Waals surface area contributed by atoms with E-state index in [1.54, 1.807) is 24.3 Å². The van der Waals surface area contributed by atoms with E-state index in [0.717, 1.165) is 18.1 Å². The van der Waals surface area contributed by atoms with Crippen LogP contribution in [-0.2, 0) is 24.7 Å². The molecule has 7 nitrogen and oxygen atoms in total. The van der Waals surface area contributed by atoms with E-state index in [2.05, 4.69) is 5.32 Å². The average molecular weight is 360 g/mol. The van der Waals surface area contributed by atoms with Crippen LogP contribution in [0.25, 0.3) is 0 Å². The van der Waals surface area contributed by atoms with E-state index < -0.39 is 19.9 Å². The second-order valence-electron chi connectivity index (χ2n) is 5.68. The van der Waals surface area contributed by atoms with Crippen molar-refractivity contribution in [3.63, 3.8) is 0 Å². The van der Waals surface area contributed by atoms with Crippen LogP contribution in [0.15, 0.2) is 24.3 Å². The molecule has 0 radical (unpaired) electrons. The van der Waals surface area contributed by atoms with Crippen LogP contribution < -0.4 is 9.62 Å². The number of hydrogen-bond donors (Lipinski definition) is 1. The molecule has 128 valence electrons. The van der Waals surface area contributed by atoms with Crippen LogP contribution in [-0.4, -0.2) is 47.6 Å². The van der Waals surface area contributed by atoms with Gasteiger partial charge in [-0.25, -0.2) is 16.8 Å². The van der Waals surface area contributed by atoms with Gasteiger partial charge in [-0.15, -0.1) is 0 Å². The smallest absolute Gasteiger partial charge is 0.232 e. The van der Waals surface area contributed by atoms with E-state index in [0.29, 0.717) is 12.1 Å². The second kappa shape index (κ2) is 6.48. The maximum absolute atomic E-state index is 11.9. The summed E-state index contributed by atoms with van der Waals surface area (Å²) in [6.07, 6.45) is 2.57. The first-order valence-electron chi connectivity index (χ1n) is 7.11. The van der Waals surface area contributed by atoms with Crippen LogP contribution in [0, 0.1) is 0 Å². The lowest BCUT2D eigenvalue weighted by molar-refractivity contribution is -0.121. The van der Waals surface area contributed by atoms with Gasteiger partial charge >= 0.3 is 0 Å². The standard InChI is InChI=1S/C14H20N2O5S2/c1-22(18,19)10-8-14(17)15-12-7-9-16(23(2,20)21)13-6-4-3-5-11(12)13/h3-6,12H,7-10H2,1-2H3,(H,15,17). The molecule has 1 unspecified atom stereocenters. The number of nitrogens with zero attached hydrogens (tertiary/aromatic N) is 1. The predicted octanol–water partition coefficient (Wildman–Crippen LogP) is 0.448. The van der Waals surface area contributed by atoms with Gasteiger partial charge in [0.05, 0.1) is 23.7 Å². The Morgan fingerprint density at radius 3 is 2.48 bits per heavy atom. The van der Waals surface area contributed by atoms with E-state index in [1.165, 1.54) is 4.31 Å². The fourth-order valence-corrected chi connectivity index (χ4v) is 4.09.